The fraction of sp³-hybridized carbons (Fsp3) is 0.450. The third-order valence-corrected chi connectivity index (χ3v) is 5.34. The maximum atomic E-state index is 12.5. The summed E-state index contributed by atoms with van der Waals surface area (Å²) in [5.74, 6) is 0. The lowest BCUT2D eigenvalue weighted by Crippen LogP contribution is -2.62. The van der Waals surface area contributed by atoms with Crippen LogP contribution in [0.5, 0.6) is 0 Å². The number of urea groups is 1. The third kappa shape index (κ3) is 3.11. The second kappa shape index (κ2) is 6.81. The fourth-order valence-electron chi connectivity index (χ4n) is 3.84. The number of hydrogen-bond acceptors (Lipinski definition) is 2. The first-order valence-electron chi connectivity index (χ1n) is 9.09. The smallest absolute Gasteiger partial charge is 0.321 e. The average molecular weight is 323 g/mol. The van der Waals surface area contributed by atoms with E-state index in [0.29, 0.717) is 6.04 Å². The maximum Gasteiger partial charge on any atom is 0.321 e. The number of likely N-dealkylation sites (tertiary alicyclic amines) is 2. The maximum absolute atomic E-state index is 12.5. The first kappa shape index (κ1) is 15.5. The second-order valence-corrected chi connectivity index (χ2v) is 6.97. The Morgan fingerprint density at radius 2 is 1.62 bits per heavy atom. The molecule has 1 N–H and O–H groups in total. The van der Waals surface area contributed by atoms with Gasteiger partial charge >= 0.3 is 6.03 Å². The van der Waals surface area contributed by atoms with Gasteiger partial charge in [-0.25, -0.2) is 4.79 Å². The summed E-state index contributed by atoms with van der Waals surface area (Å²) >= 11 is 0. The van der Waals surface area contributed by atoms with Crippen LogP contribution < -0.4 is 5.32 Å². The van der Waals surface area contributed by atoms with Crippen molar-refractivity contribution in [2.45, 2.75) is 31.7 Å². The van der Waals surface area contributed by atoms with Crippen LogP contribution in [-0.4, -0.2) is 48.1 Å². The number of rotatable bonds is 2. The van der Waals surface area contributed by atoms with Crippen molar-refractivity contribution in [3.63, 3.8) is 0 Å². The van der Waals surface area contributed by atoms with E-state index in [1.54, 1.807) is 0 Å². The van der Waals surface area contributed by atoms with Gasteiger partial charge < -0.3 is 10.2 Å². The minimum Gasteiger partial charge on any atom is -0.321 e. The number of fused-ring (bicyclic) bond motifs is 1. The predicted octanol–water partition coefficient (Wildman–Crippen LogP) is 3.93. The molecule has 2 heterocycles. The molecule has 4 nitrogen and oxygen atoms in total. The van der Waals surface area contributed by atoms with Gasteiger partial charge in [-0.3, -0.25) is 4.90 Å². The van der Waals surface area contributed by atoms with E-state index < -0.39 is 0 Å². The van der Waals surface area contributed by atoms with E-state index in [-0.39, 0.29) is 6.03 Å². The Hall–Kier alpha value is -2.07. The Morgan fingerprint density at radius 1 is 0.917 bits per heavy atom. The van der Waals surface area contributed by atoms with Crippen LogP contribution in [0, 0.1) is 0 Å². The molecule has 4 rings (SSSR count). The topological polar surface area (TPSA) is 35.6 Å². The molecule has 0 aliphatic carbocycles. The van der Waals surface area contributed by atoms with E-state index in [4.69, 9.17) is 0 Å². The number of anilines is 1. The summed E-state index contributed by atoms with van der Waals surface area (Å²) in [5.41, 5.74) is 0.899. The molecule has 2 aliphatic heterocycles. The van der Waals surface area contributed by atoms with Crippen molar-refractivity contribution in [3.05, 3.63) is 42.5 Å². The van der Waals surface area contributed by atoms with Gasteiger partial charge in [-0.1, -0.05) is 49.2 Å². The molecule has 4 heteroatoms. The van der Waals surface area contributed by atoms with Crippen molar-refractivity contribution in [1.29, 1.82) is 0 Å². The van der Waals surface area contributed by atoms with Gasteiger partial charge in [0.2, 0.25) is 0 Å². The summed E-state index contributed by atoms with van der Waals surface area (Å²) < 4.78 is 0. The summed E-state index contributed by atoms with van der Waals surface area (Å²) in [6.07, 6.45) is 5.32. The molecule has 0 saturated carbocycles. The van der Waals surface area contributed by atoms with Gasteiger partial charge in [0.25, 0.3) is 0 Å². The lowest BCUT2D eigenvalue weighted by atomic mass is 10.1. The summed E-state index contributed by atoms with van der Waals surface area (Å²) in [6, 6.07) is 14.8. The first-order chi connectivity index (χ1) is 11.8. The number of nitrogens with one attached hydrogen (secondary N) is 1. The molecular formula is C20H25N3O. The van der Waals surface area contributed by atoms with Gasteiger partial charge in [0, 0.05) is 24.5 Å². The highest BCUT2D eigenvalue weighted by Gasteiger charge is 2.34. The first-order valence-corrected chi connectivity index (χ1v) is 9.09. The van der Waals surface area contributed by atoms with Crippen molar-refractivity contribution in [1.82, 2.24) is 9.80 Å². The van der Waals surface area contributed by atoms with E-state index >= 15 is 0 Å². The molecule has 0 aromatic heterocycles. The van der Waals surface area contributed by atoms with Crippen molar-refractivity contribution in [2.75, 3.05) is 31.5 Å². The highest BCUT2D eigenvalue weighted by Crippen LogP contribution is 2.25. The van der Waals surface area contributed by atoms with Crippen LogP contribution in [0.1, 0.15) is 25.7 Å². The molecule has 2 saturated heterocycles. The molecule has 126 valence electrons. The molecule has 0 unspecified atom stereocenters. The molecule has 2 fully saturated rings. The highest BCUT2D eigenvalue weighted by molar-refractivity contribution is 6.01. The highest BCUT2D eigenvalue weighted by atomic mass is 16.2. The van der Waals surface area contributed by atoms with Crippen molar-refractivity contribution in [3.8, 4) is 0 Å². The molecule has 0 spiro atoms. The fourth-order valence-corrected chi connectivity index (χ4v) is 3.84. The van der Waals surface area contributed by atoms with E-state index in [1.165, 1.54) is 38.8 Å². The third-order valence-electron chi connectivity index (χ3n) is 5.34. The SMILES string of the molecule is O=C(Nc1cccc2ccccc12)N1CC(N2CCCCCC2)C1. The van der Waals surface area contributed by atoms with Gasteiger partial charge in [0.15, 0.2) is 0 Å². The Bertz CT molecular complexity index is 710. The summed E-state index contributed by atoms with van der Waals surface area (Å²) in [7, 11) is 0. The summed E-state index contributed by atoms with van der Waals surface area (Å²) in [6.45, 7) is 4.11. The molecule has 0 bridgehead atoms. The Morgan fingerprint density at radius 3 is 2.42 bits per heavy atom. The van der Waals surface area contributed by atoms with Crippen molar-refractivity contribution in [2.24, 2.45) is 0 Å². The van der Waals surface area contributed by atoms with E-state index in [0.717, 1.165) is 29.5 Å². The van der Waals surface area contributed by atoms with Crippen molar-refractivity contribution < 1.29 is 4.79 Å². The molecule has 0 radical (unpaired) electrons. The minimum atomic E-state index is 0.0254. The number of carbonyl (C=O) groups is 1. The average Bonchev–Trinajstić information content (AvgIpc) is 2.83. The Labute approximate surface area is 143 Å². The van der Waals surface area contributed by atoms with E-state index in [9.17, 15) is 4.79 Å². The number of nitrogens with zero attached hydrogens (tertiary/aromatic N) is 2. The predicted molar refractivity (Wildman–Crippen MR) is 98.4 cm³/mol. The largest absolute Gasteiger partial charge is 0.321 e. The minimum absolute atomic E-state index is 0.0254. The van der Waals surface area contributed by atoms with E-state index in [1.807, 2.05) is 29.2 Å². The van der Waals surface area contributed by atoms with E-state index in [2.05, 4.69) is 28.4 Å². The molecular weight excluding hydrogens is 298 g/mol. The van der Waals surface area contributed by atoms with Crippen LogP contribution in [0.15, 0.2) is 42.5 Å². The Kier molecular flexibility index (Phi) is 4.39. The molecule has 0 atom stereocenters. The number of benzene rings is 2. The van der Waals surface area contributed by atoms with Gasteiger partial charge in [-0.15, -0.1) is 0 Å². The lowest BCUT2D eigenvalue weighted by Gasteiger charge is -2.45. The zero-order valence-corrected chi connectivity index (χ0v) is 14.1. The molecule has 24 heavy (non-hydrogen) atoms. The van der Waals surface area contributed by atoms with Crippen LogP contribution >= 0.6 is 0 Å². The summed E-state index contributed by atoms with van der Waals surface area (Å²) in [5, 5.41) is 5.34. The number of hydrogen-bond donors (Lipinski definition) is 1. The Balaban J connectivity index is 1.37. The quantitative estimate of drug-likeness (QED) is 0.909. The van der Waals surface area contributed by atoms with Crippen LogP contribution in [0.2, 0.25) is 0 Å². The van der Waals surface area contributed by atoms with Gasteiger partial charge in [0.1, 0.15) is 0 Å². The summed E-state index contributed by atoms with van der Waals surface area (Å²) in [4.78, 5) is 17.0. The second-order valence-electron chi connectivity index (χ2n) is 6.97. The standard InChI is InChI=1S/C20H25N3O/c24-20(21-19-11-7-9-16-8-3-4-10-18(16)19)23-14-17(15-23)22-12-5-1-2-6-13-22/h3-4,7-11,17H,1-2,5-6,12-15H2,(H,21,24). The van der Waals surface area contributed by atoms with Gasteiger partial charge in [-0.2, -0.15) is 0 Å². The molecule has 2 aromatic carbocycles. The number of amides is 2. The van der Waals surface area contributed by atoms with Crippen molar-refractivity contribution >= 4 is 22.5 Å². The van der Waals surface area contributed by atoms with Gasteiger partial charge in [-0.05, 0) is 37.4 Å². The molecule has 2 aromatic rings. The van der Waals surface area contributed by atoms with Crippen LogP contribution in [-0.2, 0) is 0 Å². The monoisotopic (exact) mass is 323 g/mol. The zero-order valence-electron chi connectivity index (χ0n) is 14.1. The van der Waals surface area contributed by atoms with Crippen LogP contribution in [0.3, 0.4) is 0 Å². The van der Waals surface area contributed by atoms with Gasteiger partial charge in [0.05, 0.1) is 5.69 Å². The molecule has 2 aliphatic rings. The normalized spacial score (nSPS) is 19.8. The number of carbonyl (C=O) groups excluding carboxylic acids is 1. The van der Waals surface area contributed by atoms with Crippen LogP contribution in [0.25, 0.3) is 10.8 Å². The molecule has 2 amide bonds. The lowest BCUT2D eigenvalue weighted by molar-refractivity contribution is 0.0639. The zero-order chi connectivity index (χ0) is 16.4. The van der Waals surface area contributed by atoms with Crippen LogP contribution in [0.4, 0.5) is 10.5 Å².